The van der Waals surface area contributed by atoms with E-state index >= 15 is 0 Å². The Bertz CT molecular complexity index is 518. The van der Waals surface area contributed by atoms with E-state index < -0.39 is 11.9 Å². The zero-order valence-corrected chi connectivity index (χ0v) is 14.1. The van der Waals surface area contributed by atoms with Crippen LogP contribution in [0.2, 0.25) is 0 Å². The van der Waals surface area contributed by atoms with Crippen molar-refractivity contribution in [1.82, 2.24) is 0 Å². The SMILES string of the molecule is C[NH+](C)CCC(c1ccsc1)c1ccsc1.O=C([O-])C(=O)O. The maximum absolute atomic E-state index is 9.04. The maximum atomic E-state index is 9.04. The molecule has 120 valence electrons. The van der Waals surface area contributed by atoms with E-state index in [9.17, 15) is 0 Å². The monoisotopic (exact) mass is 341 g/mol. The van der Waals surface area contributed by atoms with E-state index in [4.69, 9.17) is 19.8 Å². The number of carboxylic acid groups (broad SMARTS) is 2. The second kappa shape index (κ2) is 9.34. The van der Waals surface area contributed by atoms with Gasteiger partial charge in [0.25, 0.3) is 0 Å². The van der Waals surface area contributed by atoms with Crippen molar-refractivity contribution in [3.8, 4) is 0 Å². The fourth-order valence-electron chi connectivity index (χ4n) is 1.91. The Morgan fingerprint density at radius 1 is 1.18 bits per heavy atom. The van der Waals surface area contributed by atoms with Gasteiger partial charge in [0, 0.05) is 12.3 Å². The van der Waals surface area contributed by atoms with Crippen LogP contribution in [-0.2, 0) is 9.59 Å². The summed E-state index contributed by atoms with van der Waals surface area (Å²) in [7, 11) is 4.44. The van der Waals surface area contributed by atoms with Crippen LogP contribution in [0.1, 0.15) is 23.5 Å². The predicted molar refractivity (Wildman–Crippen MR) is 85.4 cm³/mol. The van der Waals surface area contributed by atoms with E-state index in [-0.39, 0.29) is 0 Å². The Hall–Kier alpha value is -1.70. The molecule has 2 heterocycles. The van der Waals surface area contributed by atoms with Gasteiger partial charge in [0.2, 0.25) is 0 Å². The maximum Gasteiger partial charge on any atom is 0.351 e. The summed E-state index contributed by atoms with van der Waals surface area (Å²) in [6.45, 7) is 1.22. The molecule has 0 amide bonds. The van der Waals surface area contributed by atoms with Crippen LogP contribution in [0.25, 0.3) is 0 Å². The number of carbonyl (C=O) groups excluding carboxylic acids is 1. The molecule has 0 bridgehead atoms. The van der Waals surface area contributed by atoms with Crippen molar-refractivity contribution < 1.29 is 24.7 Å². The fraction of sp³-hybridized carbons (Fsp3) is 0.333. The van der Waals surface area contributed by atoms with E-state index in [2.05, 4.69) is 47.7 Å². The van der Waals surface area contributed by atoms with Crippen LogP contribution in [0.3, 0.4) is 0 Å². The zero-order chi connectivity index (χ0) is 16.5. The summed E-state index contributed by atoms with van der Waals surface area (Å²) in [4.78, 5) is 19.5. The summed E-state index contributed by atoms with van der Waals surface area (Å²) in [6, 6.07) is 4.52. The molecule has 0 saturated heterocycles. The van der Waals surface area contributed by atoms with E-state index in [0.29, 0.717) is 5.92 Å². The molecule has 0 aliphatic rings. The molecule has 2 aromatic heterocycles. The van der Waals surface area contributed by atoms with Gasteiger partial charge in [-0.05, 0) is 44.8 Å². The van der Waals surface area contributed by atoms with E-state index in [1.165, 1.54) is 29.0 Å². The number of aliphatic carboxylic acids is 2. The number of hydrogen-bond acceptors (Lipinski definition) is 5. The van der Waals surface area contributed by atoms with Crippen LogP contribution >= 0.6 is 22.7 Å². The molecule has 5 nitrogen and oxygen atoms in total. The minimum atomic E-state index is -2.07. The molecule has 22 heavy (non-hydrogen) atoms. The molecule has 0 spiro atoms. The van der Waals surface area contributed by atoms with E-state index in [1.807, 2.05) is 0 Å². The lowest BCUT2D eigenvalue weighted by Gasteiger charge is -2.16. The van der Waals surface area contributed by atoms with Gasteiger partial charge in [-0.3, -0.25) is 0 Å². The average Bonchev–Trinajstić information content (AvgIpc) is 3.12. The number of carbonyl (C=O) groups is 2. The first-order valence-corrected chi connectivity index (χ1v) is 8.57. The van der Waals surface area contributed by atoms with Crippen molar-refractivity contribution >= 4 is 34.6 Å². The first-order valence-electron chi connectivity index (χ1n) is 6.69. The molecule has 0 fully saturated rings. The summed E-state index contributed by atoms with van der Waals surface area (Å²) < 4.78 is 0. The topological polar surface area (TPSA) is 81.9 Å². The second-order valence-electron chi connectivity index (χ2n) is 5.00. The predicted octanol–water partition coefficient (Wildman–Crippen LogP) is 0.297. The molecule has 0 radical (unpaired) electrons. The largest absolute Gasteiger partial charge is 0.539 e. The van der Waals surface area contributed by atoms with Crippen molar-refractivity contribution in [1.29, 1.82) is 0 Å². The third kappa shape index (κ3) is 6.38. The summed E-state index contributed by atoms with van der Waals surface area (Å²) in [6.07, 6.45) is 1.23. The molecule has 0 unspecified atom stereocenters. The molecule has 0 aliphatic carbocycles. The number of thiophene rings is 2. The van der Waals surface area contributed by atoms with Gasteiger partial charge in [-0.1, -0.05) is 0 Å². The van der Waals surface area contributed by atoms with Crippen molar-refractivity contribution in [2.75, 3.05) is 20.6 Å². The molecule has 7 heteroatoms. The molecule has 0 aliphatic heterocycles. The Labute approximate surface area is 137 Å². The lowest BCUT2D eigenvalue weighted by Crippen LogP contribution is -3.05. The normalized spacial score (nSPS) is 10.4. The Morgan fingerprint density at radius 3 is 1.91 bits per heavy atom. The average molecular weight is 341 g/mol. The summed E-state index contributed by atoms with van der Waals surface area (Å²) in [5.41, 5.74) is 2.95. The van der Waals surface area contributed by atoms with E-state index in [0.717, 1.165) is 0 Å². The zero-order valence-electron chi connectivity index (χ0n) is 12.4. The van der Waals surface area contributed by atoms with Crippen molar-refractivity contribution in [3.05, 3.63) is 44.8 Å². The molecular formula is C15H19NO4S2. The lowest BCUT2D eigenvalue weighted by molar-refractivity contribution is -0.858. The number of hydrogen-bond donors (Lipinski definition) is 2. The summed E-state index contributed by atoms with van der Waals surface area (Å²) in [5.74, 6) is -3.42. The summed E-state index contributed by atoms with van der Waals surface area (Å²) >= 11 is 3.59. The van der Waals surface area contributed by atoms with Crippen molar-refractivity contribution in [3.63, 3.8) is 0 Å². The smallest absolute Gasteiger partial charge is 0.351 e. The van der Waals surface area contributed by atoms with Gasteiger partial charge in [0.05, 0.1) is 20.6 Å². The van der Waals surface area contributed by atoms with Crippen LogP contribution < -0.4 is 10.0 Å². The third-order valence-electron chi connectivity index (χ3n) is 3.00. The molecule has 0 atom stereocenters. The van der Waals surface area contributed by atoms with Crippen LogP contribution in [0.4, 0.5) is 0 Å². The van der Waals surface area contributed by atoms with Crippen LogP contribution in [0.15, 0.2) is 33.7 Å². The van der Waals surface area contributed by atoms with Crippen LogP contribution in [-0.4, -0.2) is 37.7 Å². The number of quaternary nitrogens is 1. The highest BCUT2D eigenvalue weighted by Gasteiger charge is 2.16. The lowest BCUT2D eigenvalue weighted by atomic mass is 9.92. The van der Waals surface area contributed by atoms with Crippen LogP contribution in [0, 0.1) is 0 Å². The Kier molecular flexibility index (Phi) is 7.79. The highest BCUT2D eigenvalue weighted by molar-refractivity contribution is 7.08. The highest BCUT2D eigenvalue weighted by atomic mass is 32.1. The van der Waals surface area contributed by atoms with Gasteiger partial charge in [-0.15, -0.1) is 0 Å². The fourth-order valence-corrected chi connectivity index (χ4v) is 3.33. The highest BCUT2D eigenvalue weighted by Crippen LogP contribution is 2.30. The molecule has 2 rings (SSSR count). The Balaban J connectivity index is 0.000000346. The minimum absolute atomic E-state index is 0.590. The third-order valence-corrected chi connectivity index (χ3v) is 4.40. The summed E-state index contributed by atoms with van der Waals surface area (Å²) in [5, 5.41) is 25.2. The first kappa shape index (κ1) is 18.3. The second-order valence-corrected chi connectivity index (χ2v) is 6.56. The molecule has 2 N–H and O–H groups in total. The van der Waals surface area contributed by atoms with Gasteiger partial charge in [0.15, 0.2) is 5.97 Å². The quantitative estimate of drug-likeness (QED) is 0.766. The molecule has 2 aromatic rings. The number of nitrogens with one attached hydrogen (secondary N) is 1. The number of carboxylic acids is 2. The molecule has 0 aromatic carbocycles. The van der Waals surface area contributed by atoms with Gasteiger partial charge in [0.1, 0.15) is 0 Å². The van der Waals surface area contributed by atoms with Gasteiger partial charge in [-0.2, -0.15) is 22.7 Å². The molecule has 0 saturated carbocycles. The van der Waals surface area contributed by atoms with E-state index in [1.54, 1.807) is 22.7 Å². The Morgan fingerprint density at radius 2 is 1.64 bits per heavy atom. The standard InChI is InChI=1S/C13H17NS2.C2H2O4/c1-14(2)6-3-13(11-4-7-15-9-11)12-5-8-16-10-12;3-1(4)2(5)6/h4-5,7-10,13H,3,6H2,1-2H3;(H,3,4)(H,5,6). The number of rotatable bonds is 5. The van der Waals surface area contributed by atoms with Gasteiger partial charge < -0.3 is 19.9 Å². The molecular weight excluding hydrogens is 322 g/mol. The van der Waals surface area contributed by atoms with Gasteiger partial charge in [-0.25, -0.2) is 4.79 Å². The van der Waals surface area contributed by atoms with Crippen molar-refractivity contribution in [2.24, 2.45) is 0 Å². The van der Waals surface area contributed by atoms with Crippen molar-refractivity contribution in [2.45, 2.75) is 12.3 Å². The minimum Gasteiger partial charge on any atom is -0.539 e. The van der Waals surface area contributed by atoms with Crippen LogP contribution in [0.5, 0.6) is 0 Å². The van der Waals surface area contributed by atoms with Gasteiger partial charge >= 0.3 is 5.97 Å². The first-order chi connectivity index (χ1) is 10.4.